The Labute approximate surface area is 252 Å². The minimum atomic E-state index is -4.37. The summed E-state index contributed by atoms with van der Waals surface area (Å²) < 4.78 is 53.5. The zero-order valence-corrected chi connectivity index (χ0v) is 25.5. The second kappa shape index (κ2) is 14.4. The molecule has 3 aromatic rings. The van der Waals surface area contributed by atoms with E-state index in [4.69, 9.17) is 9.47 Å². The number of carbonyl (C=O) groups is 2. The van der Waals surface area contributed by atoms with Crippen molar-refractivity contribution in [2.75, 3.05) is 25.1 Å². The molecule has 4 rings (SSSR count). The lowest BCUT2D eigenvalue weighted by molar-refractivity contribution is -0.140. The molecule has 0 aromatic heterocycles. The summed E-state index contributed by atoms with van der Waals surface area (Å²) in [5.74, 6) is -0.882. The van der Waals surface area contributed by atoms with Gasteiger partial charge in [0.1, 0.15) is 18.4 Å². The van der Waals surface area contributed by atoms with E-state index in [9.17, 15) is 22.4 Å². The molecule has 1 saturated carbocycles. The van der Waals surface area contributed by atoms with Gasteiger partial charge in [0.15, 0.2) is 11.5 Å². The van der Waals surface area contributed by atoms with Crippen LogP contribution >= 0.6 is 0 Å². The van der Waals surface area contributed by atoms with E-state index in [-0.39, 0.29) is 34.8 Å². The fraction of sp³-hybridized carbons (Fsp3) is 0.375. The first kappa shape index (κ1) is 31.8. The van der Waals surface area contributed by atoms with E-state index >= 15 is 0 Å². The summed E-state index contributed by atoms with van der Waals surface area (Å²) in [6.45, 7) is 1.30. The second-order valence-electron chi connectivity index (χ2n) is 10.4. The highest BCUT2D eigenvalue weighted by molar-refractivity contribution is 7.92. The third kappa shape index (κ3) is 7.64. The first-order valence-corrected chi connectivity index (χ1v) is 15.8. The number of ether oxygens (including phenoxy) is 2. The molecule has 0 heterocycles. The third-order valence-corrected chi connectivity index (χ3v) is 9.39. The number of carbonyl (C=O) groups excluding carboxylic acids is 2. The zero-order chi connectivity index (χ0) is 31.0. The summed E-state index contributed by atoms with van der Waals surface area (Å²) in [6, 6.07) is 17.4. The van der Waals surface area contributed by atoms with Crippen molar-refractivity contribution in [1.82, 2.24) is 10.2 Å². The van der Waals surface area contributed by atoms with Gasteiger partial charge in [-0.15, -0.1) is 0 Å². The van der Waals surface area contributed by atoms with Crippen LogP contribution in [-0.2, 0) is 26.2 Å². The van der Waals surface area contributed by atoms with Gasteiger partial charge in [-0.2, -0.15) is 0 Å². The van der Waals surface area contributed by atoms with Gasteiger partial charge < -0.3 is 19.7 Å². The highest BCUT2D eigenvalue weighted by Crippen LogP contribution is 2.32. The number of benzene rings is 3. The van der Waals surface area contributed by atoms with Gasteiger partial charge in [-0.05, 0) is 61.2 Å². The summed E-state index contributed by atoms with van der Waals surface area (Å²) in [5, 5.41) is 3.09. The van der Waals surface area contributed by atoms with Gasteiger partial charge in [0.05, 0.1) is 24.8 Å². The van der Waals surface area contributed by atoms with Gasteiger partial charge in [0.25, 0.3) is 10.0 Å². The van der Waals surface area contributed by atoms with Crippen LogP contribution in [0, 0.1) is 5.82 Å². The predicted molar refractivity (Wildman–Crippen MR) is 162 cm³/mol. The van der Waals surface area contributed by atoms with Crippen LogP contribution in [0.5, 0.6) is 11.5 Å². The van der Waals surface area contributed by atoms with Gasteiger partial charge >= 0.3 is 0 Å². The fourth-order valence-electron chi connectivity index (χ4n) is 5.31. The number of rotatable bonds is 13. The van der Waals surface area contributed by atoms with Gasteiger partial charge in [-0.25, -0.2) is 12.8 Å². The predicted octanol–water partition coefficient (Wildman–Crippen LogP) is 4.90. The maximum absolute atomic E-state index is 14.2. The van der Waals surface area contributed by atoms with Crippen LogP contribution in [0.1, 0.15) is 44.6 Å². The van der Waals surface area contributed by atoms with Crippen LogP contribution in [-0.4, -0.2) is 58.0 Å². The number of nitrogens with zero attached hydrogens (tertiary/aromatic N) is 2. The van der Waals surface area contributed by atoms with Crippen LogP contribution in [0.25, 0.3) is 0 Å². The Kier molecular flexibility index (Phi) is 10.6. The average Bonchev–Trinajstić information content (AvgIpc) is 3.53. The van der Waals surface area contributed by atoms with Crippen molar-refractivity contribution >= 4 is 27.5 Å². The minimum Gasteiger partial charge on any atom is -0.493 e. The molecule has 9 nitrogen and oxygen atoms in total. The van der Waals surface area contributed by atoms with Crippen LogP contribution in [0.3, 0.4) is 0 Å². The normalized spacial score (nSPS) is 14.1. The molecule has 43 heavy (non-hydrogen) atoms. The van der Waals surface area contributed by atoms with Crippen LogP contribution < -0.4 is 19.1 Å². The number of halogens is 1. The van der Waals surface area contributed by atoms with Crippen molar-refractivity contribution in [1.29, 1.82) is 0 Å². The molecule has 230 valence electrons. The van der Waals surface area contributed by atoms with Crippen molar-refractivity contribution in [3.05, 3.63) is 84.2 Å². The van der Waals surface area contributed by atoms with E-state index in [1.54, 1.807) is 0 Å². The molecule has 1 N–H and O–H groups in total. The van der Waals surface area contributed by atoms with E-state index in [0.29, 0.717) is 12.2 Å². The van der Waals surface area contributed by atoms with Gasteiger partial charge in [-0.1, -0.05) is 50.1 Å². The topological polar surface area (TPSA) is 105 Å². The van der Waals surface area contributed by atoms with Gasteiger partial charge in [0, 0.05) is 18.7 Å². The van der Waals surface area contributed by atoms with Crippen molar-refractivity contribution in [3.63, 3.8) is 0 Å². The first-order chi connectivity index (χ1) is 20.7. The molecular formula is C32H38FN3O6S. The average molecular weight is 612 g/mol. The molecule has 0 saturated heterocycles. The Bertz CT molecular complexity index is 1500. The molecule has 1 aliphatic rings. The summed E-state index contributed by atoms with van der Waals surface area (Å²) in [6.07, 6.45) is 4.17. The van der Waals surface area contributed by atoms with Gasteiger partial charge in [0.2, 0.25) is 11.8 Å². The fourth-order valence-corrected chi connectivity index (χ4v) is 6.74. The number of methoxy groups -OCH3 is 2. The van der Waals surface area contributed by atoms with E-state index in [1.807, 2.05) is 37.3 Å². The number of nitrogens with one attached hydrogen (secondary N) is 1. The quantitative estimate of drug-likeness (QED) is 0.295. The van der Waals surface area contributed by atoms with Crippen LogP contribution in [0.15, 0.2) is 77.7 Å². The number of amides is 2. The number of anilines is 1. The number of hydrogen-bond acceptors (Lipinski definition) is 6. The highest BCUT2D eigenvalue weighted by Gasteiger charge is 2.35. The number of sulfonamides is 1. The lowest BCUT2D eigenvalue weighted by Gasteiger charge is -2.33. The lowest BCUT2D eigenvalue weighted by atomic mass is 10.1. The summed E-state index contributed by atoms with van der Waals surface area (Å²) in [5.41, 5.74) is 0.881. The maximum Gasteiger partial charge on any atom is 0.264 e. The summed E-state index contributed by atoms with van der Waals surface area (Å²) >= 11 is 0. The summed E-state index contributed by atoms with van der Waals surface area (Å²) in [7, 11) is -1.55. The molecule has 0 bridgehead atoms. The molecule has 1 aliphatic carbocycles. The maximum atomic E-state index is 14.2. The summed E-state index contributed by atoms with van der Waals surface area (Å²) in [4.78, 5) is 28.9. The molecule has 0 aliphatic heterocycles. The Balaban J connectivity index is 1.72. The molecule has 0 spiro atoms. The Morgan fingerprint density at radius 3 is 2.21 bits per heavy atom. The molecule has 1 fully saturated rings. The van der Waals surface area contributed by atoms with Crippen molar-refractivity contribution < 1.29 is 31.9 Å². The largest absolute Gasteiger partial charge is 0.493 e. The van der Waals surface area contributed by atoms with Crippen molar-refractivity contribution in [2.45, 2.75) is 62.6 Å². The van der Waals surface area contributed by atoms with Crippen molar-refractivity contribution in [2.24, 2.45) is 0 Å². The van der Waals surface area contributed by atoms with E-state index in [0.717, 1.165) is 47.7 Å². The minimum absolute atomic E-state index is 0.0522. The molecule has 0 unspecified atom stereocenters. The highest BCUT2D eigenvalue weighted by atomic mass is 32.2. The number of hydrogen-bond donors (Lipinski definition) is 1. The molecule has 1 atom stereocenters. The molecule has 2 amide bonds. The Morgan fingerprint density at radius 2 is 1.60 bits per heavy atom. The zero-order valence-electron chi connectivity index (χ0n) is 24.7. The molecular weight excluding hydrogens is 573 g/mol. The van der Waals surface area contributed by atoms with Crippen LogP contribution in [0.2, 0.25) is 0 Å². The van der Waals surface area contributed by atoms with E-state index in [2.05, 4.69) is 5.32 Å². The monoisotopic (exact) mass is 611 g/mol. The van der Waals surface area contributed by atoms with E-state index < -0.39 is 34.3 Å². The van der Waals surface area contributed by atoms with E-state index in [1.165, 1.54) is 49.5 Å². The first-order valence-electron chi connectivity index (χ1n) is 14.3. The standard InChI is InChI=1S/C32H38FN3O6S/c1-4-28(32(38)34-25-12-8-9-13-25)35(21-23-10-6-5-7-11-23)31(37)22-36(26-16-14-24(33)15-17-26)43(39,40)27-18-19-29(41-2)30(20-27)42-3/h5-7,10-11,14-20,25,28H,4,8-9,12-13,21-22H2,1-3H3,(H,34,38)/t28-/m1/s1. The van der Waals surface area contributed by atoms with Crippen molar-refractivity contribution in [3.8, 4) is 11.5 Å². The smallest absolute Gasteiger partial charge is 0.264 e. The lowest BCUT2D eigenvalue weighted by Crippen LogP contribution is -2.53. The van der Waals surface area contributed by atoms with Gasteiger partial charge in [-0.3, -0.25) is 13.9 Å². The SMILES string of the molecule is CC[C@H](C(=O)NC1CCCC1)N(Cc1ccccc1)C(=O)CN(c1ccc(F)cc1)S(=O)(=O)c1ccc(OC)c(OC)c1. The molecule has 11 heteroatoms. The Morgan fingerprint density at radius 1 is 0.953 bits per heavy atom. The molecule has 0 radical (unpaired) electrons. The van der Waals surface area contributed by atoms with Crippen LogP contribution in [0.4, 0.5) is 10.1 Å². The Hall–Kier alpha value is -4.12. The second-order valence-corrected chi connectivity index (χ2v) is 12.3. The molecule has 3 aromatic carbocycles. The third-order valence-electron chi connectivity index (χ3n) is 7.62.